The van der Waals surface area contributed by atoms with Gasteiger partial charge in [-0.25, -0.2) is 0 Å². The molecule has 2 aromatic carbocycles. The molecule has 7 heteroatoms. The van der Waals surface area contributed by atoms with Gasteiger partial charge in [0.05, 0.1) is 13.0 Å². The van der Waals surface area contributed by atoms with E-state index in [1.165, 1.54) is 0 Å². The molecule has 1 aliphatic heterocycles. The maximum Gasteiger partial charge on any atom is 0.239 e. The summed E-state index contributed by atoms with van der Waals surface area (Å²) in [4.78, 5) is 27.2. The van der Waals surface area contributed by atoms with E-state index in [4.69, 9.17) is 9.47 Å². The molecular formula is C20H19N3O4. The minimum Gasteiger partial charge on any atom is -0.454 e. The Bertz CT molecular complexity index is 996. The van der Waals surface area contributed by atoms with E-state index >= 15 is 0 Å². The van der Waals surface area contributed by atoms with Crippen molar-refractivity contribution >= 4 is 22.7 Å². The highest BCUT2D eigenvalue weighted by Crippen LogP contribution is 2.32. The summed E-state index contributed by atoms with van der Waals surface area (Å²) in [6, 6.07) is 13.3. The number of hydrogen-bond acceptors (Lipinski definition) is 4. The van der Waals surface area contributed by atoms with Gasteiger partial charge < -0.3 is 25.1 Å². The fraction of sp³-hybridized carbons (Fsp3) is 0.200. The standard InChI is InChI=1S/C20H19N3O4/c24-19(8-14-10-21-16-4-2-1-3-15(14)16)23-11-20(25)22-9-13-5-6-17-18(7-13)27-12-26-17/h1-7,10,21H,8-9,11-12H2,(H,22,25)(H,23,24). The molecule has 0 fully saturated rings. The Morgan fingerprint density at radius 3 is 2.78 bits per heavy atom. The Kier molecular flexibility index (Phi) is 4.65. The minimum atomic E-state index is -0.250. The largest absolute Gasteiger partial charge is 0.454 e. The van der Waals surface area contributed by atoms with Crippen LogP contribution in [0.15, 0.2) is 48.7 Å². The Balaban J connectivity index is 1.24. The first-order chi connectivity index (χ1) is 13.2. The molecule has 0 unspecified atom stereocenters. The van der Waals surface area contributed by atoms with Gasteiger partial charge in [0.15, 0.2) is 11.5 Å². The van der Waals surface area contributed by atoms with Gasteiger partial charge in [-0.2, -0.15) is 0 Å². The van der Waals surface area contributed by atoms with Gasteiger partial charge in [0.1, 0.15) is 0 Å². The number of fused-ring (bicyclic) bond motifs is 2. The van der Waals surface area contributed by atoms with Crippen LogP contribution in [0.25, 0.3) is 10.9 Å². The number of hydrogen-bond donors (Lipinski definition) is 3. The summed E-state index contributed by atoms with van der Waals surface area (Å²) in [5, 5.41) is 6.45. The van der Waals surface area contributed by atoms with Crippen molar-refractivity contribution in [3.63, 3.8) is 0 Å². The van der Waals surface area contributed by atoms with Crippen molar-refractivity contribution in [1.29, 1.82) is 0 Å². The molecule has 0 spiro atoms. The van der Waals surface area contributed by atoms with Gasteiger partial charge in [-0.3, -0.25) is 9.59 Å². The summed E-state index contributed by atoms with van der Waals surface area (Å²) in [7, 11) is 0. The molecule has 1 aliphatic rings. The number of H-pyrrole nitrogens is 1. The van der Waals surface area contributed by atoms with Crippen LogP contribution in [0.3, 0.4) is 0 Å². The molecular weight excluding hydrogens is 346 g/mol. The van der Waals surface area contributed by atoms with Crippen LogP contribution in [-0.2, 0) is 22.6 Å². The normalized spacial score (nSPS) is 12.1. The lowest BCUT2D eigenvalue weighted by Crippen LogP contribution is -2.37. The van der Waals surface area contributed by atoms with E-state index in [2.05, 4.69) is 15.6 Å². The van der Waals surface area contributed by atoms with Crippen LogP contribution in [0.5, 0.6) is 11.5 Å². The van der Waals surface area contributed by atoms with Gasteiger partial charge in [-0.05, 0) is 29.3 Å². The number of benzene rings is 2. The highest BCUT2D eigenvalue weighted by Gasteiger charge is 2.14. The first kappa shape index (κ1) is 17.0. The van der Waals surface area contributed by atoms with Crippen LogP contribution in [0.2, 0.25) is 0 Å². The second-order valence-corrected chi connectivity index (χ2v) is 6.28. The van der Waals surface area contributed by atoms with Gasteiger partial charge in [0.25, 0.3) is 0 Å². The van der Waals surface area contributed by atoms with Crippen LogP contribution in [0, 0.1) is 0 Å². The van der Waals surface area contributed by atoms with E-state index in [0.717, 1.165) is 22.0 Å². The monoisotopic (exact) mass is 365 g/mol. The Morgan fingerprint density at radius 1 is 1.00 bits per heavy atom. The molecule has 0 saturated heterocycles. The number of ether oxygens (including phenoxy) is 2. The fourth-order valence-electron chi connectivity index (χ4n) is 3.01. The van der Waals surface area contributed by atoms with E-state index in [0.29, 0.717) is 18.0 Å². The number of carbonyl (C=O) groups excluding carboxylic acids is 2. The summed E-state index contributed by atoms with van der Waals surface area (Å²) in [6.07, 6.45) is 2.05. The predicted molar refractivity (Wildman–Crippen MR) is 99.4 cm³/mol. The zero-order valence-electron chi connectivity index (χ0n) is 14.6. The molecule has 7 nitrogen and oxygen atoms in total. The van der Waals surface area contributed by atoms with Crippen LogP contribution in [0.4, 0.5) is 0 Å². The number of aromatic nitrogens is 1. The van der Waals surface area contributed by atoms with Gasteiger partial charge in [0, 0.05) is 23.6 Å². The van der Waals surface area contributed by atoms with Crippen molar-refractivity contribution in [3.8, 4) is 11.5 Å². The second-order valence-electron chi connectivity index (χ2n) is 6.28. The highest BCUT2D eigenvalue weighted by molar-refractivity contribution is 5.90. The molecule has 3 N–H and O–H groups in total. The van der Waals surface area contributed by atoms with Crippen molar-refractivity contribution in [3.05, 3.63) is 59.8 Å². The maximum atomic E-state index is 12.1. The molecule has 4 rings (SSSR count). The molecule has 2 heterocycles. The number of rotatable bonds is 6. The third-order valence-corrected chi connectivity index (χ3v) is 4.40. The Hall–Kier alpha value is -3.48. The third kappa shape index (κ3) is 3.87. The van der Waals surface area contributed by atoms with E-state index in [1.807, 2.05) is 48.7 Å². The molecule has 0 saturated carbocycles. The third-order valence-electron chi connectivity index (χ3n) is 4.40. The number of amides is 2. The van der Waals surface area contributed by atoms with Crippen LogP contribution in [0.1, 0.15) is 11.1 Å². The number of nitrogens with one attached hydrogen (secondary N) is 3. The molecule has 3 aromatic rings. The lowest BCUT2D eigenvalue weighted by Gasteiger charge is -2.08. The van der Waals surface area contributed by atoms with Crippen molar-refractivity contribution in [2.75, 3.05) is 13.3 Å². The first-order valence-electron chi connectivity index (χ1n) is 8.66. The van der Waals surface area contributed by atoms with Crippen molar-refractivity contribution < 1.29 is 19.1 Å². The van der Waals surface area contributed by atoms with Gasteiger partial charge >= 0.3 is 0 Å². The number of para-hydroxylation sites is 1. The lowest BCUT2D eigenvalue weighted by atomic mass is 10.1. The smallest absolute Gasteiger partial charge is 0.239 e. The van der Waals surface area contributed by atoms with Crippen LogP contribution < -0.4 is 20.1 Å². The van der Waals surface area contributed by atoms with E-state index in [9.17, 15) is 9.59 Å². The van der Waals surface area contributed by atoms with Crippen molar-refractivity contribution in [2.24, 2.45) is 0 Å². The fourth-order valence-corrected chi connectivity index (χ4v) is 3.01. The van der Waals surface area contributed by atoms with Crippen LogP contribution >= 0.6 is 0 Å². The maximum absolute atomic E-state index is 12.1. The molecule has 138 valence electrons. The molecule has 0 bridgehead atoms. The van der Waals surface area contributed by atoms with E-state index in [1.54, 1.807) is 0 Å². The highest BCUT2D eigenvalue weighted by atomic mass is 16.7. The SMILES string of the molecule is O=C(CNC(=O)Cc1c[nH]c2ccccc12)NCc1ccc2c(c1)OCO2. The van der Waals surface area contributed by atoms with E-state index < -0.39 is 0 Å². The molecule has 2 amide bonds. The summed E-state index contributed by atoms with van der Waals surface area (Å²) in [5.41, 5.74) is 2.79. The summed E-state index contributed by atoms with van der Waals surface area (Å²) < 4.78 is 10.6. The summed E-state index contributed by atoms with van der Waals surface area (Å²) >= 11 is 0. The zero-order chi connectivity index (χ0) is 18.6. The predicted octanol–water partition coefficient (Wildman–Crippen LogP) is 1.87. The van der Waals surface area contributed by atoms with Crippen LogP contribution in [-0.4, -0.2) is 30.1 Å². The molecule has 0 radical (unpaired) electrons. The van der Waals surface area contributed by atoms with Gasteiger partial charge in [0.2, 0.25) is 18.6 Å². The quantitative estimate of drug-likeness (QED) is 0.622. The lowest BCUT2D eigenvalue weighted by molar-refractivity contribution is -0.125. The second kappa shape index (κ2) is 7.41. The molecule has 1 aromatic heterocycles. The average molecular weight is 365 g/mol. The minimum absolute atomic E-state index is 0.0637. The topological polar surface area (TPSA) is 92.5 Å². The van der Waals surface area contributed by atoms with Gasteiger partial charge in [-0.1, -0.05) is 24.3 Å². The molecule has 0 atom stereocenters. The first-order valence-corrected chi connectivity index (χ1v) is 8.66. The van der Waals surface area contributed by atoms with Crippen molar-refractivity contribution in [1.82, 2.24) is 15.6 Å². The van der Waals surface area contributed by atoms with E-state index in [-0.39, 0.29) is 31.6 Å². The molecule has 0 aliphatic carbocycles. The Labute approximate surface area is 155 Å². The summed E-state index contributed by atoms with van der Waals surface area (Å²) in [5.74, 6) is 0.932. The number of carbonyl (C=O) groups is 2. The average Bonchev–Trinajstić information content (AvgIpc) is 3.31. The summed E-state index contributed by atoms with van der Waals surface area (Å²) in [6.45, 7) is 0.507. The Morgan fingerprint density at radius 2 is 1.85 bits per heavy atom. The zero-order valence-corrected chi connectivity index (χ0v) is 14.6. The van der Waals surface area contributed by atoms with Crippen molar-refractivity contribution in [2.45, 2.75) is 13.0 Å². The molecule has 27 heavy (non-hydrogen) atoms. The van der Waals surface area contributed by atoms with Gasteiger partial charge in [-0.15, -0.1) is 0 Å². The number of aromatic amines is 1.